The standard InChI is InChI=1S/C30H35N5O2/c1-37-30(36)28-9-5-17-35(28)26-14-15-32-29(19-26)33-27-8-3-2-7-24(27)18-23-6-4-16-34(21-23)25-12-10-22(20-31)11-13-25/h5,9-15,17,19,23-24,27H,2-4,6-8,16,18,21H2,1H3,(H,32,33)/t23-,24+,27-/m1/s1. The fourth-order valence-electron chi connectivity index (χ4n) is 6.06. The average Bonchev–Trinajstić information content (AvgIpc) is 3.44. The van der Waals surface area contributed by atoms with Gasteiger partial charge >= 0.3 is 5.97 Å². The smallest absolute Gasteiger partial charge is 0.355 e. The van der Waals surface area contributed by atoms with E-state index in [0.717, 1.165) is 31.0 Å². The van der Waals surface area contributed by atoms with E-state index in [9.17, 15) is 4.79 Å². The number of esters is 1. The number of methoxy groups -OCH3 is 1. The quantitative estimate of drug-likeness (QED) is 0.415. The first-order valence-electron chi connectivity index (χ1n) is 13.4. The number of benzene rings is 1. The molecule has 37 heavy (non-hydrogen) atoms. The summed E-state index contributed by atoms with van der Waals surface area (Å²) in [5, 5.41) is 12.9. The summed E-state index contributed by atoms with van der Waals surface area (Å²) >= 11 is 0. The van der Waals surface area contributed by atoms with Gasteiger partial charge in [0, 0.05) is 43.3 Å². The molecule has 0 unspecified atom stereocenters. The van der Waals surface area contributed by atoms with E-state index in [2.05, 4.69) is 33.4 Å². The van der Waals surface area contributed by atoms with Crippen LogP contribution in [0.15, 0.2) is 60.9 Å². The van der Waals surface area contributed by atoms with Crippen LogP contribution in [0.5, 0.6) is 0 Å². The predicted octanol–water partition coefficient (Wildman–Crippen LogP) is 5.81. The highest BCUT2D eigenvalue weighted by atomic mass is 16.5. The highest BCUT2D eigenvalue weighted by Gasteiger charge is 2.30. The van der Waals surface area contributed by atoms with Crippen molar-refractivity contribution in [2.45, 2.75) is 51.0 Å². The lowest BCUT2D eigenvalue weighted by molar-refractivity contribution is 0.0591. The minimum absolute atomic E-state index is 0.355. The summed E-state index contributed by atoms with van der Waals surface area (Å²) in [4.78, 5) is 19.3. The van der Waals surface area contributed by atoms with E-state index in [1.54, 1.807) is 12.3 Å². The molecule has 2 aromatic heterocycles. The van der Waals surface area contributed by atoms with Crippen LogP contribution in [0.3, 0.4) is 0 Å². The lowest BCUT2D eigenvalue weighted by atomic mass is 9.77. The third kappa shape index (κ3) is 5.80. The summed E-state index contributed by atoms with van der Waals surface area (Å²) in [6.45, 7) is 2.16. The lowest BCUT2D eigenvalue weighted by Gasteiger charge is -2.39. The van der Waals surface area contributed by atoms with E-state index in [1.807, 2.05) is 41.1 Å². The summed E-state index contributed by atoms with van der Waals surface area (Å²) in [6.07, 6.45) is 12.3. The minimum Gasteiger partial charge on any atom is -0.464 e. The van der Waals surface area contributed by atoms with E-state index in [0.29, 0.717) is 29.1 Å². The van der Waals surface area contributed by atoms with Crippen molar-refractivity contribution in [1.82, 2.24) is 9.55 Å². The number of pyridine rings is 1. The van der Waals surface area contributed by atoms with Gasteiger partial charge in [0.05, 0.1) is 24.4 Å². The summed E-state index contributed by atoms with van der Waals surface area (Å²) in [5.41, 5.74) is 3.32. The van der Waals surface area contributed by atoms with Crippen LogP contribution in [0.4, 0.5) is 11.5 Å². The summed E-state index contributed by atoms with van der Waals surface area (Å²) in [6, 6.07) is 18.2. The second-order valence-corrected chi connectivity index (χ2v) is 10.3. The molecule has 1 aliphatic carbocycles. The van der Waals surface area contributed by atoms with Crippen molar-refractivity contribution in [3.05, 3.63) is 72.2 Å². The maximum Gasteiger partial charge on any atom is 0.355 e. The Labute approximate surface area is 219 Å². The zero-order valence-corrected chi connectivity index (χ0v) is 21.5. The fraction of sp³-hybridized carbons (Fsp3) is 0.433. The maximum absolute atomic E-state index is 12.2. The van der Waals surface area contributed by atoms with Crippen molar-refractivity contribution in [2.75, 3.05) is 30.4 Å². The van der Waals surface area contributed by atoms with Gasteiger partial charge in [-0.2, -0.15) is 5.26 Å². The molecule has 3 heterocycles. The Balaban J connectivity index is 1.25. The normalized spacial score (nSPS) is 21.7. The van der Waals surface area contributed by atoms with Gasteiger partial charge < -0.3 is 19.5 Å². The van der Waals surface area contributed by atoms with Crippen molar-refractivity contribution in [3.8, 4) is 11.8 Å². The molecule has 1 aromatic carbocycles. The second kappa shape index (κ2) is 11.5. The molecule has 0 spiro atoms. The number of nitrogens with one attached hydrogen (secondary N) is 1. The predicted molar refractivity (Wildman–Crippen MR) is 145 cm³/mol. The first-order valence-corrected chi connectivity index (χ1v) is 13.4. The minimum atomic E-state index is -0.355. The first kappa shape index (κ1) is 24.9. The van der Waals surface area contributed by atoms with Crippen LogP contribution in [-0.2, 0) is 4.74 Å². The van der Waals surface area contributed by atoms with Crippen LogP contribution in [0.1, 0.15) is 61.0 Å². The summed E-state index contributed by atoms with van der Waals surface area (Å²) < 4.78 is 6.78. The molecule has 0 bridgehead atoms. The molecule has 0 radical (unpaired) electrons. The van der Waals surface area contributed by atoms with Crippen molar-refractivity contribution in [1.29, 1.82) is 5.26 Å². The number of hydrogen-bond acceptors (Lipinski definition) is 6. The highest BCUT2D eigenvalue weighted by molar-refractivity contribution is 5.88. The molecule has 2 fully saturated rings. The van der Waals surface area contributed by atoms with Gasteiger partial charge in [0.25, 0.3) is 0 Å². The number of aromatic nitrogens is 2. The van der Waals surface area contributed by atoms with Crippen LogP contribution in [-0.4, -0.2) is 41.8 Å². The molecular weight excluding hydrogens is 462 g/mol. The van der Waals surface area contributed by atoms with E-state index in [4.69, 9.17) is 10.00 Å². The largest absolute Gasteiger partial charge is 0.464 e. The summed E-state index contributed by atoms with van der Waals surface area (Å²) in [7, 11) is 1.40. The Morgan fingerprint density at radius 3 is 2.76 bits per heavy atom. The molecule has 192 valence electrons. The average molecular weight is 498 g/mol. The van der Waals surface area contributed by atoms with Gasteiger partial charge in [0.15, 0.2) is 0 Å². The molecule has 1 saturated carbocycles. The van der Waals surface area contributed by atoms with Crippen LogP contribution < -0.4 is 10.2 Å². The molecule has 1 N–H and O–H groups in total. The maximum atomic E-state index is 12.2. The number of rotatable bonds is 7. The van der Waals surface area contributed by atoms with Gasteiger partial charge in [0.2, 0.25) is 0 Å². The zero-order chi connectivity index (χ0) is 25.6. The third-order valence-corrected chi connectivity index (χ3v) is 7.92. The van der Waals surface area contributed by atoms with Crippen LogP contribution in [0.2, 0.25) is 0 Å². The number of nitrogens with zero attached hydrogens (tertiary/aromatic N) is 4. The molecule has 1 aliphatic heterocycles. The van der Waals surface area contributed by atoms with Crippen LogP contribution >= 0.6 is 0 Å². The molecule has 7 heteroatoms. The van der Waals surface area contributed by atoms with E-state index in [1.165, 1.54) is 51.3 Å². The zero-order valence-electron chi connectivity index (χ0n) is 21.5. The van der Waals surface area contributed by atoms with Crippen LogP contribution in [0.25, 0.3) is 5.69 Å². The lowest BCUT2D eigenvalue weighted by Crippen LogP contribution is -2.39. The molecular formula is C30H35N5O2. The Morgan fingerprint density at radius 1 is 1.11 bits per heavy atom. The van der Waals surface area contributed by atoms with Gasteiger partial charge in [0.1, 0.15) is 11.5 Å². The fourth-order valence-corrected chi connectivity index (χ4v) is 6.06. The number of nitriles is 1. The van der Waals surface area contributed by atoms with E-state index in [-0.39, 0.29) is 5.97 Å². The Morgan fingerprint density at radius 2 is 1.95 bits per heavy atom. The van der Waals surface area contributed by atoms with Gasteiger partial charge in [-0.25, -0.2) is 9.78 Å². The molecule has 5 rings (SSSR count). The van der Waals surface area contributed by atoms with Gasteiger partial charge in [-0.1, -0.05) is 12.8 Å². The highest BCUT2D eigenvalue weighted by Crippen LogP contribution is 2.35. The summed E-state index contributed by atoms with van der Waals surface area (Å²) in [5.74, 6) is 1.77. The van der Waals surface area contributed by atoms with E-state index < -0.39 is 0 Å². The van der Waals surface area contributed by atoms with Gasteiger partial charge in [-0.3, -0.25) is 0 Å². The topological polar surface area (TPSA) is 83.2 Å². The monoisotopic (exact) mass is 497 g/mol. The number of carbonyl (C=O) groups excluding carboxylic acids is 1. The Hall–Kier alpha value is -3.79. The molecule has 0 amide bonds. The molecule has 3 aromatic rings. The van der Waals surface area contributed by atoms with Crippen molar-refractivity contribution in [2.24, 2.45) is 11.8 Å². The third-order valence-electron chi connectivity index (χ3n) is 7.92. The van der Waals surface area contributed by atoms with Gasteiger partial charge in [-0.05, 0) is 86.4 Å². The van der Waals surface area contributed by atoms with E-state index >= 15 is 0 Å². The van der Waals surface area contributed by atoms with Crippen molar-refractivity contribution < 1.29 is 9.53 Å². The SMILES string of the molecule is COC(=O)c1cccn1-c1ccnc(N[C@@H]2CCCC[C@H]2C[C@H]2CCCN(c3ccc(C#N)cc3)C2)c1. The Bertz CT molecular complexity index is 1250. The molecule has 3 atom stereocenters. The Kier molecular flexibility index (Phi) is 7.74. The molecule has 7 nitrogen and oxygen atoms in total. The number of carbonyl (C=O) groups is 1. The molecule has 1 saturated heterocycles. The number of piperidine rings is 1. The second-order valence-electron chi connectivity index (χ2n) is 10.3. The van der Waals surface area contributed by atoms with Crippen LogP contribution in [0, 0.1) is 23.2 Å². The number of hydrogen-bond donors (Lipinski definition) is 1. The van der Waals surface area contributed by atoms with Gasteiger partial charge in [-0.15, -0.1) is 0 Å². The van der Waals surface area contributed by atoms with Crippen molar-refractivity contribution in [3.63, 3.8) is 0 Å². The molecule has 2 aliphatic rings. The number of ether oxygens (including phenoxy) is 1. The van der Waals surface area contributed by atoms with Crippen molar-refractivity contribution >= 4 is 17.5 Å². The number of anilines is 2. The first-order chi connectivity index (χ1) is 18.1.